The van der Waals surface area contributed by atoms with Crippen LogP contribution >= 0.6 is 0 Å². The Morgan fingerprint density at radius 2 is 1.69 bits per heavy atom. The van der Waals surface area contributed by atoms with Crippen molar-refractivity contribution in [3.8, 4) is 5.75 Å². The molecule has 0 heterocycles. The van der Waals surface area contributed by atoms with E-state index in [1.165, 1.54) is 23.9 Å². The highest BCUT2D eigenvalue weighted by Gasteiger charge is 2.05. The summed E-state index contributed by atoms with van der Waals surface area (Å²) in [5.74, 6) is 0.437. The summed E-state index contributed by atoms with van der Waals surface area (Å²) in [6.07, 6.45) is 1.42. The van der Waals surface area contributed by atoms with Gasteiger partial charge in [-0.25, -0.2) is 5.43 Å². The van der Waals surface area contributed by atoms with Crippen LogP contribution in [0.25, 0.3) is 0 Å². The van der Waals surface area contributed by atoms with Gasteiger partial charge in [-0.3, -0.25) is 14.9 Å². The molecule has 1 amide bonds. The van der Waals surface area contributed by atoms with E-state index >= 15 is 0 Å². The van der Waals surface area contributed by atoms with Crippen LogP contribution in [0.4, 0.5) is 5.69 Å². The predicted molar refractivity (Wildman–Crippen MR) is 110 cm³/mol. The number of aryl methyl sites for hydroxylation is 1. The van der Waals surface area contributed by atoms with Gasteiger partial charge in [0, 0.05) is 17.7 Å². The SMILES string of the molecule is Cc1ccc(OCc2ccc(C(=O)N/N=C/c3ccc([N+](=O)[O-])cc3)cc2)cc1. The van der Waals surface area contributed by atoms with E-state index < -0.39 is 4.92 Å². The van der Waals surface area contributed by atoms with Gasteiger partial charge in [0.05, 0.1) is 11.1 Å². The Hall–Kier alpha value is -4.00. The highest BCUT2D eigenvalue weighted by atomic mass is 16.6. The fraction of sp³-hybridized carbons (Fsp3) is 0.0909. The van der Waals surface area contributed by atoms with Crippen molar-refractivity contribution in [3.63, 3.8) is 0 Å². The zero-order valence-electron chi connectivity index (χ0n) is 15.7. The lowest BCUT2D eigenvalue weighted by molar-refractivity contribution is -0.384. The highest BCUT2D eigenvalue weighted by molar-refractivity contribution is 5.94. The third-order valence-electron chi connectivity index (χ3n) is 4.13. The molecule has 3 aromatic rings. The number of benzene rings is 3. The Labute approximate surface area is 167 Å². The molecule has 3 rings (SSSR count). The maximum absolute atomic E-state index is 12.2. The second-order valence-electron chi connectivity index (χ2n) is 6.35. The van der Waals surface area contributed by atoms with E-state index in [9.17, 15) is 14.9 Å². The number of hydrogen-bond donors (Lipinski definition) is 1. The van der Waals surface area contributed by atoms with Crippen molar-refractivity contribution in [1.82, 2.24) is 5.43 Å². The molecule has 1 N–H and O–H groups in total. The molecular formula is C22H19N3O4. The monoisotopic (exact) mass is 389 g/mol. The number of nitrogens with one attached hydrogen (secondary N) is 1. The molecule has 7 nitrogen and oxygen atoms in total. The first-order valence-corrected chi connectivity index (χ1v) is 8.87. The van der Waals surface area contributed by atoms with Crippen LogP contribution in [0, 0.1) is 17.0 Å². The molecule has 0 aromatic heterocycles. The van der Waals surface area contributed by atoms with Gasteiger partial charge in [-0.05, 0) is 54.4 Å². The molecule has 146 valence electrons. The summed E-state index contributed by atoms with van der Waals surface area (Å²) in [6.45, 7) is 2.42. The van der Waals surface area contributed by atoms with Gasteiger partial charge in [0.15, 0.2) is 0 Å². The third kappa shape index (κ3) is 5.74. The summed E-state index contributed by atoms with van der Waals surface area (Å²) in [5, 5.41) is 14.5. The van der Waals surface area contributed by atoms with Crippen LogP contribution in [0.3, 0.4) is 0 Å². The lowest BCUT2D eigenvalue weighted by Crippen LogP contribution is -2.17. The first kappa shape index (κ1) is 19.8. The van der Waals surface area contributed by atoms with E-state index in [-0.39, 0.29) is 11.6 Å². The van der Waals surface area contributed by atoms with E-state index in [4.69, 9.17) is 4.74 Å². The van der Waals surface area contributed by atoms with Crippen molar-refractivity contribution in [1.29, 1.82) is 0 Å². The van der Waals surface area contributed by atoms with Gasteiger partial charge in [-0.2, -0.15) is 5.10 Å². The minimum atomic E-state index is -0.474. The number of non-ortho nitro benzene ring substituents is 1. The second kappa shape index (κ2) is 9.27. The largest absolute Gasteiger partial charge is 0.489 e. The summed E-state index contributed by atoms with van der Waals surface area (Å²) in [5.41, 5.74) is 5.64. The molecule has 29 heavy (non-hydrogen) atoms. The predicted octanol–water partition coefficient (Wildman–Crippen LogP) is 4.25. The molecule has 0 saturated heterocycles. The molecule has 0 atom stereocenters. The number of nitrogens with zero attached hydrogens (tertiary/aromatic N) is 2. The Kier molecular flexibility index (Phi) is 6.32. The fourth-order valence-corrected chi connectivity index (χ4v) is 2.47. The highest BCUT2D eigenvalue weighted by Crippen LogP contribution is 2.14. The standard InChI is InChI=1S/C22H19N3O4/c1-16-2-12-21(13-3-16)29-15-18-4-8-19(9-5-18)22(26)24-23-14-17-6-10-20(11-7-17)25(27)28/h2-14H,15H2,1H3,(H,24,26)/b23-14+. The summed E-state index contributed by atoms with van der Waals surface area (Å²) in [7, 11) is 0. The van der Waals surface area contributed by atoms with Gasteiger partial charge >= 0.3 is 0 Å². The molecule has 0 aliphatic rings. The van der Waals surface area contributed by atoms with Gasteiger partial charge in [-0.1, -0.05) is 29.8 Å². The number of nitro benzene ring substituents is 1. The number of amides is 1. The van der Waals surface area contributed by atoms with Crippen LogP contribution in [0.2, 0.25) is 0 Å². The van der Waals surface area contributed by atoms with E-state index in [0.29, 0.717) is 17.7 Å². The maximum Gasteiger partial charge on any atom is 0.271 e. The van der Waals surface area contributed by atoms with Crippen molar-refractivity contribution in [2.45, 2.75) is 13.5 Å². The molecule has 3 aromatic carbocycles. The molecule has 0 radical (unpaired) electrons. The van der Waals surface area contributed by atoms with Crippen molar-refractivity contribution in [2.75, 3.05) is 0 Å². The minimum Gasteiger partial charge on any atom is -0.489 e. The van der Waals surface area contributed by atoms with E-state index in [2.05, 4.69) is 10.5 Å². The quantitative estimate of drug-likeness (QED) is 0.371. The number of hydrogen-bond acceptors (Lipinski definition) is 5. The number of ether oxygens (including phenoxy) is 1. The maximum atomic E-state index is 12.2. The van der Waals surface area contributed by atoms with Gasteiger partial charge in [0.1, 0.15) is 12.4 Å². The Morgan fingerprint density at radius 3 is 2.31 bits per heavy atom. The number of rotatable bonds is 7. The smallest absolute Gasteiger partial charge is 0.271 e. The Bertz CT molecular complexity index is 1010. The lowest BCUT2D eigenvalue weighted by Gasteiger charge is -2.07. The van der Waals surface area contributed by atoms with E-state index in [1.807, 2.05) is 43.3 Å². The zero-order chi connectivity index (χ0) is 20.6. The summed E-state index contributed by atoms with van der Waals surface area (Å²) < 4.78 is 5.72. The lowest BCUT2D eigenvalue weighted by atomic mass is 10.1. The fourth-order valence-electron chi connectivity index (χ4n) is 2.47. The van der Waals surface area contributed by atoms with Gasteiger partial charge < -0.3 is 4.74 Å². The van der Waals surface area contributed by atoms with Crippen LogP contribution < -0.4 is 10.2 Å². The van der Waals surface area contributed by atoms with Crippen molar-refractivity contribution in [3.05, 3.63) is 105 Å². The minimum absolute atomic E-state index is 0.00219. The third-order valence-corrected chi connectivity index (χ3v) is 4.13. The summed E-state index contributed by atoms with van der Waals surface area (Å²) in [4.78, 5) is 22.3. The Morgan fingerprint density at radius 1 is 1.03 bits per heavy atom. The number of hydrazone groups is 1. The molecule has 0 bridgehead atoms. The first-order valence-electron chi connectivity index (χ1n) is 8.87. The van der Waals surface area contributed by atoms with Crippen molar-refractivity contribution in [2.24, 2.45) is 5.10 Å². The van der Waals surface area contributed by atoms with Gasteiger partial charge in [-0.15, -0.1) is 0 Å². The van der Waals surface area contributed by atoms with Crippen molar-refractivity contribution < 1.29 is 14.5 Å². The van der Waals surface area contributed by atoms with Crippen LogP contribution in [0.5, 0.6) is 5.75 Å². The molecule has 0 aliphatic heterocycles. The van der Waals surface area contributed by atoms with Crippen LogP contribution in [-0.2, 0) is 6.61 Å². The average molecular weight is 389 g/mol. The van der Waals surface area contributed by atoms with Crippen LogP contribution in [0.15, 0.2) is 77.9 Å². The number of carbonyl (C=O) groups excluding carboxylic acids is 1. The molecule has 7 heteroatoms. The van der Waals surface area contributed by atoms with Crippen molar-refractivity contribution >= 4 is 17.8 Å². The second-order valence-corrected chi connectivity index (χ2v) is 6.35. The zero-order valence-corrected chi connectivity index (χ0v) is 15.7. The van der Waals surface area contributed by atoms with Gasteiger partial charge in [0.2, 0.25) is 0 Å². The number of carbonyl (C=O) groups is 1. The molecule has 0 unspecified atom stereocenters. The Balaban J connectivity index is 1.51. The summed E-state index contributed by atoms with van der Waals surface area (Å²) >= 11 is 0. The van der Waals surface area contributed by atoms with E-state index in [1.54, 1.807) is 24.3 Å². The normalized spacial score (nSPS) is 10.7. The van der Waals surface area contributed by atoms with Crippen LogP contribution in [-0.4, -0.2) is 17.0 Å². The molecule has 0 fully saturated rings. The average Bonchev–Trinajstić information content (AvgIpc) is 2.74. The number of nitro groups is 1. The van der Waals surface area contributed by atoms with E-state index in [0.717, 1.165) is 11.3 Å². The molecule has 0 saturated carbocycles. The van der Waals surface area contributed by atoms with Gasteiger partial charge in [0.25, 0.3) is 11.6 Å². The summed E-state index contributed by atoms with van der Waals surface area (Å²) in [6, 6.07) is 20.7. The molecular weight excluding hydrogens is 370 g/mol. The topological polar surface area (TPSA) is 93.8 Å². The first-order chi connectivity index (χ1) is 14.0. The molecule has 0 aliphatic carbocycles. The van der Waals surface area contributed by atoms with Crippen LogP contribution in [0.1, 0.15) is 27.0 Å². The molecule has 0 spiro atoms.